The van der Waals surface area contributed by atoms with Gasteiger partial charge in [0.25, 0.3) is 0 Å². The van der Waals surface area contributed by atoms with E-state index in [0.717, 1.165) is 23.7 Å². The summed E-state index contributed by atoms with van der Waals surface area (Å²) in [5, 5.41) is 6.72. The Balaban J connectivity index is 0.000000387. The molecule has 2 heteroatoms. The summed E-state index contributed by atoms with van der Waals surface area (Å²) in [5.74, 6) is 4.17. The van der Waals surface area contributed by atoms with Gasteiger partial charge in [0.2, 0.25) is 0 Å². The topological polar surface area (TPSA) is 24.1 Å². The van der Waals surface area contributed by atoms with Crippen molar-refractivity contribution in [3.05, 3.63) is 0 Å². The molecule has 2 saturated carbocycles. The van der Waals surface area contributed by atoms with E-state index in [2.05, 4.69) is 24.5 Å². The van der Waals surface area contributed by atoms with Crippen LogP contribution in [0.3, 0.4) is 0 Å². The van der Waals surface area contributed by atoms with Crippen LogP contribution in [0.1, 0.15) is 119 Å². The van der Waals surface area contributed by atoms with Crippen LogP contribution in [0.5, 0.6) is 0 Å². The van der Waals surface area contributed by atoms with Crippen molar-refractivity contribution in [1.82, 2.24) is 10.6 Å². The highest BCUT2D eigenvalue weighted by Gasteiger charge is 2.19. The summed E-state index contributed by atoms with van der Waals surface area (Å²) >= 11 is 0. The molecular weight excluding hydrogens is 340 g/mol. The standard InChI is InChI=1S/C11H21N.C6H12.C5H11N.2C2H6/c1-2-4-10(3-1)5-6-11-7-8-12-9-11;1-2-6-4-3-5-6;1-5-2-3-6-4-5;2*1-2/h10-12H,1-9H2;6H,2-5H2,1H3;5-6H,2-4H2,1H3;2*1-2H3. The highest BCUT2D eigenvalue weighted by Crippen LogP contribution is 2.30. The maximum atomic E-state index is 3.45. The molecule has 2 unspecified atom stereocenters. The molecule has 0 bridgehead atoms. The Hall–Kier alpha value is -0.0800. The monoisotopic (exact) mass is 396 g/mol. The molecule has 0 radical (unpaired) electrons. The second-order valence-corrected chi connectivity index (χ2v) is 8.89. The predicted octanol–water partition coefficient (Wildman–Crippen LogP) is 7.43. The molecule has 0 spiro atoms. The van der Waals surface area contributed by atoms with Crippen LogP contribution in [0.15, 0.2) is 0 Å². The van der Waals surface area contributed by atoms with Gasteiger partial charge in [0, 0.05) is 0 Å². The SMILES string of the molecule is C1CCC(CCC2CCNC2)C1.CC.CC.CC1CCNC1.CCC1CCC1. The highest BCUT2D eigenvalue weighted by atomic mass is 14.9. The van der Waals surface area contributed by atoms with Crippen molar-refractivity contribution in [2.45, 2.75) is 119 Å². The maximum Gasteiger partial charge on any atom is -0.00200 e. The van der Waals surface area contributed by atoms with Gasteiger partial charge in [-0.05, 0) is 69.1 Å². The lowest BCUT2D eigenvalue weighted by atomic mass is 9.84. The largest absolute Gasteiger partial charge is 0.316 e. The fourth-order valence-electron chi connectivity index (χ4n) is 4.43. The summed E-state index contributed by atoms with van der Waals surface area (Å²) in [5.41, 5.74) is 0. The Labute approximate surface area is 179 Å². The minimum atomic E-state index is 0.935. The van der Waals surface area contributed by atoms with Crippen molar-refractivity contribution in [3.8, 4) is 0 Å². The zero-order valence-electron chi connectivity index (χ0n) is 20.6. The number of hydrogen-bond donors (Lipinski definition) is 2. The Bertz CT molecular complexity index is 264. The molecule has 0 amide bonds. The van der Waals surface area contributed by atoms with E-state index >= 15 is 0 Å². The van der Waals surface area contributed by atoms with Gasteiger partial charge < -0.3 is 10.6 Å². The van der Waals surface area contributed by atoms with E-state index in [1.165, 1.54) is 103 Å². The van der Waals surface area contributed by atoms with E-state index in [-0.39, 0.29) is 0 Å². The third-order valence-electron chi connectivity index (χ3n) is 6.73. The molecular formula is C26H56N2. The van der Waals surface area contributed by atoms with E-state index in [1.807, 2.05) is 27.7 Å². The fraction of sp³-hybridized carbons (Fsp3) is 1.00. The van der Waals surface area contributed by atoms with E-state index < -0.39 is 0 Å². The minimum absolute atomic E-state index is 0.935. The maximum absolute atomic E-state index is 3.45. The van der Waals surface area contributed by atoms with E-state index in [0.29, 0.717) is 0 Å². The predicted molar refractivity (Wildman–Crippen MR) is 129 cm³/mol. The van der Waals surface area contributed by atoms with Crippen LogP contribution in [0.4, 0.5) is 0 Å². The molecule has 2 saturated heterocycles. The van der Waals surface area contributed by atoms with Gasteiger partial charge in [-0.3, -0.25) is 0 Å². The second kappa shape index (κ2) is 20.2. The van der Waals surface area contributed by atoms with Gasteiger partial charge in [-0.2, -0.15) is 0 Å². The number of rotatable bonds is 4. The van der Waals surface area contributed by atoms with Crippen LogP contribution in [0.2, 0.25) is 0 Å². The van der Waals surface area contributed by atoms with Gasteiger partial charge in [-0.25, -0.2) is 0 Å². The zero-order valence-corrected chi connectivity index (χ0v) is 20.6. The highest BCUT2D eigenvalue weighted by molar-refractivity contribution is 4.74. The Morgan fingerprint density at radius 1 is 0.607 bits per heavy atom. The van der Waals surface area contributed by atoms with Crippen LogP contribution >= 0.6 is 0 Å². The van der Waals surface area contributed by atoms with E-state index in [4.69, 9.17) is 0 Å². The van der Waals surface area contributed by atoms with Crippen molar-refractivity contribution in [2.75, 3.05) is 26.2 Å². The summed E-state index contributed by atoms with van der Waals surface area (Å²) < 4.78 is 0. The Morgan fingerprint density at radius 3 is 1.46 bits per heavy atom. The van der Waals surface area contributed by atoms with E-state index in [9.17, 15) is 0 Å². The second-order valence-electron chi connectivity index (χ2n) is 8.89. The first-order valence-electron chi connectivity index (χ1n) is 13.2. The summed E-state index contributed by atoms with van der Waals surface area (Å²) in [6.45, 7) is 17.6. The molecule has 2 nitrogen and oxygen atoms in total. The molecule has 4 fully saturated rings. The molecule has 2 N–H and O–H groups in total. The summed E-state index contributed by atoms with van der Waals surface area (Å²) in [7, 11) is 0. The molecule has 2 atom stereocenters. The minimum Gasteiger partial charge on any atom is -0.316 e. The lowest BCUT2D eigenvalue weighted by molar-refractivity contribution is 0.307. The van der Waals surface area contributed by atoms with Gasteiger partial charge in [-0.15, -0.1) is 0 Å². The molecule has 4 rings (SSSR count). The Kier molecular flexibility index (Phi) is 20.1. The normalized spacial score (nSPS) is 26.4. The van der Waals surface area contributed by atoms with Gasteiger partial charge in [0.15, 0.2) is 0 Å². The smallest absolute Gasteiger partial charge is 0.00200 e. The summed E-state index contributed by atoms with van der Waals surface area (Å²) in [6.07, 6.45) is 17.8. The molecule has 0 aromatic carbocycles. The summed E-state index contributed by atoms with van der Waals surface area (Å²) in [4.78, 5) is 0. The van der Waals surface area contributed by atoms with Crippen LogP contribution in [-0.2, 0) is 0 Å². The fourth-order valence-corrected chi connectivity index (χ4v) is 4.43. The Morgan fingerprint density at radius 2 is 1.14 bits per heavy atom. The first-order valence-corrected chi connectivity index (χ1v) is 13.2. The van der Waals surface area contributed by atoms with Crippen LogP contribution in [-0.4, -0.2) is 26.2 Å². The van der Waals surface area contributed by atoms with Crippen molar-refractivity contribution >= 4 is 0 Å². The zero-order chi connectivity index (χ0) is 21.0. The van der Waals surface area contributed by atoms with Crippen molar-refractivity contribution < 1.29 is 0 Å². The van der Waals surface area contributed by atoms with Crippen molar-refractivity contribution in [3.63, 3.8) is 0 Å². The van der Waals surface area contributed by atoms with Crippen molar-refractivity contribution in [2.24, 2.45) is 23.7 Å². The molecule has 0 aromatic rings. The van der Waals surface area contributed by atoms with Crippen LogP contribution < -0.4 is 10.6 Å². The molecule has 2 aliphatic carbocycles. The van der Waals surface area contributed by atoms with Crippen LogP contribution in [0.25, 0.3) is 0 Å². The van der Waals surface area contributed by atoms with Crippen molar-refractivity contribution in [1.29, 1.82) is 0 Å². The van der Waals surface area contributed by atoms with Crippen LogP contribution in [0, 0.1) is 23.7 Å². The first kappa shape index (κ1) is 27.9. The van der Waals surface area contributed by atoms with E-state index in [1.54, 1.807) is 0 Å². The third-order valence-corrected chi connectivity index (χ3v) is 6.73. The lowest BCUT2D eigenvalue weighted by Crippen LogP contribution is -2.09. The third kappa shape index (κ3) is 14.0. The number of nitrogens with one attached hydrogen (secondary N) is 2. The average molecular weight is 397 g/mol. The molecule has 2 aliphatic heterocycles. The van der Waals surface area contributed by atoms with Gasteiger partial charge in [-0.1, -0.05) is 99.3 Å². The quantitative estimate of drug-likeness (QED) is 0.516. The average Bonchev–Trinajstić information content (AvgIpc) is 3.47. The molecule has 4 aliphatic rings. The summed E-state index contributed by atoms with van der Waals surface area (Å²) in [6, 6.07) is 0. The molecule has 2 heterocycles. The van der Waals surface area contributed by atoms with Gasteiger partial charge in [0.1, 0.15) is 0 Å². The molecule has 170 valence electrons. The first-order chi connectivity index (χ1) is 13.8. The van der Waals surface area contributed by atoms with Gasteiger partial charge >= 0.3 is 0 Å². The lowest BCUT2D eigenvalue weighted by Gasteiger charge is -2.22. The van der Waals surface area contributed by atoms with Gasteiger partial charge in [0.05, 0.1) is 0 Å². The molecule has 28 heavy (non-hydrogen) atoms. The number of hydrogen-bond acceptors (Lipinski definition) is 2. The molecule has 0 aromatic heterocycles.